The molecule has 3 N–H and O–H groups in total. The van der Waals surface area contributed by atoms with Crippen molar-refractivity contribution < 1.29 is 19.2 Å². The maximum Gasteiger partial charge on any atom is 0.407 e. The molecule has 3 heterocycles. The number of carbonyl (C=O) groups excluding carboxylic acids is 1. The minimum Gasteiger partial charge on any atom is -0.450 e. The number of fused-ring (bicyclic) bond motifs is 1. The molecule has 1 amide bonds. The van der Waals surface area contributed by atoms with Gasteiger partial charge in [0.25, 0.3) is 0 Å². The number of hydrogen-bond acceptors (Lipinski definition) is 10. The van der Waals surface area contributed by atoms with Crippen LogP contribution in [-0.2, 0) is 4.74 Å². The lowest BCUT2D eigenvalue weighted by molar-refractivity contribution is -0.385. The standard InChI is InChI=1S/C29H34N8O5/c1-29(2,3)42-28(38)31-13-16-35-14-11-20(12-15-35)36-27-24(26(30)32-18-33-27)25(34-36)19-9-10-23(22(17-19)37(39)40)41-21-7-5-4-6-8-21/h4-10,17-18,20H,11-16H2,1-3H3,(H,31,38)(H2,30,32,33). The molecule has 0 spiro atoms. The van der Waals surface area contributed by atoms with Gasteiger partial charge >= 0.3 is 11.8 Å². The van der Waals surface area contributed by atoms with Crippen molar-refractivity contribution in [2.24, 2.45) is 0 Å². The molecular weight excluding hydrogens is 540 g/mol. The summed E-state index contributed by atoms with van der Waals surface area (Å²) < 4.78 is 13.0. The average Bonchev–Trinajstić information content (AvgIpc) is 3.34. The summed E-state index contributed by atoms with van der Waals surface area (Å²) in [6.07, 6.45) is 2.58. The molecule has 0 radical (unpaired) electrons. The van der Waals surface area contributed by atoms with Crippen molar-refractivity contribution in [3.63, 3.8) is 0 Å². The van der Waals surface area contributed by atoms with Crippen LogP contribution in [0.5, 0.6) is 11.5 Å². The maximum absolute atomic E-state index is 12.0. The van der Waals surface area contributed by atoms with Crippen molar-refractivity contribution in [3.8, 4) is 22.8 Å². The predicted molar refractivity (Wildman–Crippen MR) is 157 cm³/mol. The molecule has 1 aliphatic heterocycles. The number of rotatable bonds is 8. The Hall–Kier alpha value is -4.78. The Morgan fingerprint density at radius 3 is 2.57 bits per heavy atom. The predicted octanol–water partition coefficient (Wildman–Crippen LogP) is 4.94. The monoisotopic (exact) mass is 574 g/mol. The normalized spacial score (nSPS) is 14.5. The van der Waals surface area contributed by atoms with Crippen molar-refractivity contribution in [1.29, 1.82) is 0 Å². The van der Waals surface area contributed by atoms with Gasteiger partial charge in [0.05, 0.1) is 16.4 Å². The van der Waals surface area contributed by atoms with Crippen LogP contribution in [0.4, 0.5) is 16.3 Å². The fraction of sp³-hybridized carbons (Fsp3) is 0.379. The highest BCUT2D eigenvalue weighted by Gasteiger charge is 2.27. The lowest BCUT2D eigenvalue weighted by Crippen LogP contribution is -2.41. The number of nitro groups is 1. The number of likely N-dealkylation sites (tertiary alicyclic amines) is 1. The fourth-order valence-corrected chi connectivity index (χ4v) is 4.98. The van der Waals surface area contributed by atoms with E-state index in [2.05, 4.69) is 20.2 Å². The number of nitro benzene ring substituents is 1. The van der Waals surface area contributed by atoms with E-state index in [1.54, 1.807) is 36.4 Å². The number of carbonyl (C=O) groups is 1. The van der Waals surface area contributed by atoms with Crippen LogP contribution >= 0.6 is 0 Å². The Morgan fingerprint density at radius 1 is 1.14 bits per heavy atom. The fourth-order valence-electron chi connectivity index (χ4n) is 4.98. The van der Waals surface area contributed by atoms with Crippen LogP contribution in [0, 0.1) is 10.1 Å². The van der Waals surface area contributed by atoms with Gasteiger partial charge in [-0.25, -0.2) is 19.4 Å². The number of nitrogens with two attached hydrogens (primary N) is 1. The van der Waals surface area contributed by atoms with E-state index in [4.69, 9.17) is 20.3 Å². The number of piperidine rings is 1. The lowest BCUT2D eigenvalue weighted by atomic mass is 10.1. The molecule has 4 aromatic rings. The molecule has 0 unspecified atom stereocenters. The molecule has 2 aromatic heterocycles. The van der Waals surface area contributed by atoms with Crippen LogP contribution in [0.15, 0.2) is 54.9 Å². The van der Waals surface area contributed by atoms with Gasteiger partial charge in [0.15, 0.2) is 5.65 Å². The summed E-state index contributed by atoms with van der Waals surface area (Å²) in [4.78, 5) is 34.4. The molecule has 0 atom stereocenters. The van der Waals surface area contributed by atoms with E-state index >= 15 is 0 Å². The third-order valence-electron chi connectivity index (χ3n) is 6.92. The minimum atomic E-state index is -0.538. The number of anilines is 1. The highest BCUT2D eigenvalue weighted by atomic mass is 16.6. The van der Waals surface area contributed by atoms with Crippen molar-refractivity contribution in [3.05, 3.63) is 65.0 Å². The van der Waals surface area contributed by atoms with Crippen LogP contribution in [-0.4, -0.2) is 67.4 Å². The summed E-state index contributed by atoms with van der Waals surface area (Å²) in [6, 6.07) is 13.7. The smallest absolute Gasteiger partial charge is 0.407 e. The zero-order valence-electron chi connectivity index (χ0n) is 23.8. The molecule has 13 heteroatoms. The Morgan fingerprint density at radius 2 is 1.88 bits per heavy atom. The second kappa shape index (κ2) is 12.0. The van der Waals surface area contributed by atoms with Gasteiger partial charge in [-0.05, 0) is 57.9 Å². The molecule has 1 aliphatic rings. The molecule has 0 aliphatic carbocycles. The second-order valence-corrected chi connectivity index (χ2v) is 11.1. The number of ether oxygens (including phenoxy) is 2. The molecule has 0 saturated carbocycles. The van der Waals surface area contributed by atoms with E-state index in [9.17, 15) is 14.9 Å². The lowest BCUT2D eigenvalue weighted by Gasteiger charge is -2.32. The first-order valence-corrected chi connectivity index (χ1v) is 13.8. The number of hydrogen-bond donors (Lipinski definition) is 2. The van der Waals surface area contributed by atoms with Crippen molar-refractivity contribution in [2.45, 2.75) is 45.3 Å². The highest BCUT2D eigenvalue weighted by molar-refractivity contribution is 5.98. The summed E-state index contributed by atoms with van der Waals surface area (Å²) >= 11 is 0. The molecule has 2 aromatic carbocycles. The van der Waals surface area contributed by atoms with Gasteiger partial charge in [-0.2, -0.15) is 5.10 Å². The first-order valence-electron chi connectivity index (χ1n) is 13.8. The van der Waals surface area contributed by atoms with E-state index in [1.807, 2.05) is 31.5 Å². The Kier molecular flexibility index (Phi) is 8.20. The van der Waals surface area contributed by atoms with Gasteiger partial charge in [-0.15, -0.1) is 0 Å². The van der Waals surface area contributed by atoms with Gasteiger partial charge < -0.3 is 25.4 Å². The topological polar surface area (TPSA) is 164 Å². The molecule has 42 heavy (non-hydrogen) atoms. The van der Waals surface area contributed by atoms with E-state index in [1.165, 1.54) is 12.4 Å². The molecule has 5 rings (SSSR count). The van der Waals surface area contributed by atoms with Crippen LogP contribution in [0.1, 0.15) is 39.7 Å². The van der Waals surface area contributed by atoms with Crippen LogP contribution in [0.3, 0.4) is 0 Å². The minimum absolute atomic E-state index is 0.0429. The van der Waals surface area contributed by atoms with Gasteiger partial charge in [-0.3, -0.25) is 10.1 Å². The number of para-hydroxylation sites is 1. The molecule has 0 bridgehead atoms. The van der Waals surface area contributed by atoms with E-state index in [0.29, 0.717) is 41.1 Å². The number of nitrogens with one attached hydrogen (secondary N) is 1. The summed E-state index contributed by atoms with van der Waals surface area (Å²) in [5.41, 5.74) is 7.13. The molecular formula is C29H34N8O5. The zero-order chi connectivity index (χ0) is 29.9. The van der Waals surface area contributed by atoms with E-state index < -0.39 is 16.6 Å². The maximum atomic E-state index is 12.0. The Balaban J connectivity index is 1.34. The quantitative estimate of drug-likeness (QED) is 0.218. The summed E-state index contributed by atoms with van der Waals surface area (Å²) in [5.74, 6) is 0.864. The number of alkyl carbamates (subject to hydrolysis) is 1. The second-order valence-electron chi connectivity index (χ2n) is 11.1. The third-order valence-corrected chi connectivity index (χ3v) is 6.92. The van der Waals surface area contributed by atoms with Crippen molar-refractivity contribution in [1.82, 2.24) is 30.0 Å². The average molecular weight is 575 g/mol. The van der Waals surface area contributed by atoms with Gasteiger partial charge in [0.1, 0.15) is 29.2 Å². The van der Waals surface area contributed by atoms with Crippen LogP contribution in [0.2, 0.25) is 0 Å². The van der Waals surface area contributed by atoms with Gasteiger partial charge in [0.2, 0.25) is 5.75 Å². The largest absolute Gasteiger partial charge is 0.450 e. The number of amides is 1. The first kappa shape index (κ1) is 28.7. The van der Waals surface area contributed by atoms with E-state index in [0.717, 1.165) is 25.9 Å². The number of aromatic nitrogens is 4. The van der Waals surface area contributed by atoms with Gasteiger partial charge in [-0.1, -0.05) is 18.2 Å². The van der Waals surface area contributed by atoms with Crippen LogP contribution < -0.4 is 15.8 Å². The van der Waals surface area contributed by atoms with Crippen molar-refractivity contribution >= 4 is 28.6 Å². The van der Waals surface area contributed by atoms with E-state index in [-0.39, 0.29) is 23.3 Å². The SMILES string of the molecule is CC(C)(C)OC(=O)NCCN1CCC(n2nc(-c3ccc(Oc4ccccc4)c([N+](=O)[O-])c3)c3c(N)ncnc32)CC1. The summed E-state index contributed by atoms with van der Waals surface area (Å²) in [6.45, 7) is 8.28. The Labute approximate surface area is 242 Å². The first-order chi connectivity index (χ1) is 20.1. The van der Waals surface area contributed by atoms with Gasteiger partial charge in [0, 0.05) is 37.8 Å². The molecule has 1 saturated heterocycles. The third kappa shape index (κ3) is 6.57. The highest BCUT2D eigenvalue weighted by Crippen LogP contribution is 2.39. The number of benzene rings is 2. The van der Waals surface area contributed by atoms with Crippen molar-refractivity contribution in [2.75, 3.05) is 31.9 Å². The Bertz CT molecular complexity index is 1580. The summed E-state index contributed by atoms with van der Waals surface area (Å²) in [7, 11) is 0. The zero-order valence-corrected chi connectivity index (χ0v) is 23.8. The summed E-state index contributed by atoms with van der Waals surface area (Å²) in [5, 5.41) is 20.2. The number of nitrogens with zero attached hydrogens (tertiary/aromatic N) is 6. The molecule has 220 valence electrons. The molecule has 13 nitrogen and oxygen atoms in total. The molecule has 1 fully saturated rings. The number of nitrogen functional groups attached to an aromatic ring is 1. The van der Waals surface area contributed by atoms with Crippen LogP contribution in [0.25, 0.3) is 22.3 Å².